The number of allylic oxidation sites excluding steroid dienone is 1. The zero-order chi connectivity index (χ0) is 18.6. The molecule has 0 fully saturated rings. The zero-order valence-corrected chi connectivity index (χ0v) is 15.7. The van der Waals surface area contributed by atoms with Gasteiger partial charge in [-0.1, -0.05) is 0 Å². The third-order valence-electron chi connectivity index (χ3n) is 3.80. The number of aromatic nitrogens is 1. The summed E-state index contributed by atoms with van der Waals surface area (Å²) in [6, 6.07) is 1.83. The van der Waals surface area contributed by atoms with E-state index in [1.54, 1.807) is 31.4 Å². The lowest BCUT2D eigenvalue weighted by molar-refractivity contribution is 0.0336. The lowest BCUT2D eigenvalue weighted by Crippen LogP contribution is -2.34. The molecular weight excluding hydrogens is 318 g/mol. The summed E-state index contributed by atoms with van der Waals surface area (Å²) in [5, 5.41) is 0. The topological polar surface area (TPSA) is 62.7 Å². The Morgan fingerprint density at radius 1 is 1.20 bits per heavy atom. The van der Waals surface area contributed by atoms with Gasteiger partial charge < -0.3 is 9.64 Å². The molecular formula is C19H27N3O3. The van der Waals surface area contributed by atoms with Crippen LogP contribution in [-0.4, -0.2) is 53.0 Å². The Kier molecular flexibility index (Phi) is 5.82. The van der Waals surface area contributed by atoms with Crippen molar-refractivity contribution in [3.05, 3.63) is 35.8 Å². The quantitative estimate of drug-likeness (QED) is 0.822. The second-order valence-corrected chi connectivity index (χ2v) is 7.45. The van der Waals surface area contributed by atoms with E-state index < -0.39 is 5.60 Å². The first-order valence-electron chi connectivity index (χ1n) is 8.55. The number of ether oxygens (including phenoxy) is 1. The Balaban J connectivity index is 2.28. The first-order chi connectivity index (χ1) is 11.7. The van der Waals surface area contributed by atoms with Crippen LogP contribution >= 0.6 is 0 Å². The minimum absolute atomic E-state index is 0.0902. The molecule has 0 radical (unpaired) electrons. The van der Waals surface area contributed by atoms with Crippen molar-refractivity contribution in [2.45, 2.75) is 45.6 Å². The number of carbonyl (C=O) groups excluding carboxylic acids is 2. The van der Waals surface area contributed by atoms with Gasteiger partial charge in [-0.3, -0.25) is 14.7 Å². The lowest BCUT2D eigenvalue weighted by Gasteiger charge is -2.25. The molecule has 0 bridgehead atoms. The molecule has 0 unspecified atom stereocenters. The van der Waals surface area contributed by atoms with E-state index in [4.69, 9.17) is 4.74 Å². The van der Waals surface area contributed by atoms with E-state index in [-0.39, 0.29) is 12.0 Å². The van der Waals surface area contributed by atoms with Crippen molar-refractivity contribution in [1.29, 1.82) is 0 Å². The summed E-state index contributed by atoms with van der Waals surface area (Å²) in [5.74, 6) is -0.0902. The molecule has 6 nitrogen and oxygen atoms in total. The predicted octanol–water partition coefficient (Wildman–Crippen LogP) is 3.55. The van der Waals surface area contributed by atoms with Crippen LogP contribution in [-0.2, 0) is 4.74 Å². The third kappa shape index (κ3) is 5.31. The molecule has 6 heteroatoms. The highest BCUT2D eigenvalue weighted by atomic mass is 16.6. The normalized spacial score (nSPS) is 15.2. The molecule has 0 spiro atoms. The van der Waals surface area contributed by atoms with Gasteiger partial charge in [-0.05, 0) is 57.2 Å². The van der Waals surface area contributed by atoms with E-state index in [2.05, 4.69) is 4.98 Å². The van der Waals surface area contributed by atoms with Crippen LogP contribution in [0.2, 0.25) is 0 Å². The summed E-state index contributed by atoms with van der Waals surface area (Å²) in [7, 11) is 3.42. The Labute approximate surface area is 149 Å². The average molecular weight is 345 g/mol. The van der Waals surface area contributed by atoms with Crippen molar-refractivity contribution in [3.63, 3.8) is 0 Å². The van der Waals surface area contributed by atoms with Crippen LogP contribution in [0.25, 0.3) is 5.57 Å². The van der Waals surface area contributed by atoms with Gasteiger partial charge in [0.2, 0.25) is 0 Å². The van der Waals surface area contributed by atoms with Gasteiger partial charge in [-0.25, -0.2) is 4.79 Å². The first kappa shape index (κ1) is 19.0. The second kappa shape index (κ2) is 7.68. The fourth-order valence-corrected chi connectivity index (χ4v) is 2.59. The number of rotatable bonds is 2. The van der Waals surface area contributed by atoms with E-state index in [9.17, 15) is 9.59 Å². The summed E-state index contributed by atoms with van der Waals surface area (Å²) >= 11 is 0. The summed E-state index contributed by atoms with van der Waals surface area (Å²) in [5.41, 5.74) is 1.86. The van der Waals surface area contributed by atoms with Crippen LogP contribution in [0.5, 0.6) is 0 Å². The Bertz CT molecular complexity index is 675. The molecule has 1 aromatic rings. The smallest absolute Gasteiger partial charge is 0.414 e. The number of hydrogen-bond acceptors (Lipinski definition) is 4. The van der Waals surface area contributed by atoms with E-state index in [1.807, 2.05) is 33.0 Å². The second-order valence-electron chi connectivity index (χ2n) is 7.45. The molecule has 1 aromatic heterocycles. The fraction of sp³-hybridized carbons (Fsp3) is 0.526. The predicted molar refractivity (Wildman–Crippen MR) is 97.0 cm³/mol. The lowest BCUT2D eigenvalue weighted by atomic mass is 10.0. The van der Waals surface area contributed by atoms with Gasteiger partial charge in [0.15, 0.2) is 0 Å². The van der Waals surface area contributed by atoms with Crippen molar-refractivity contribution >= 4 is 17.6 Å². The molecule has 1 aliphatic rings. The highest BCUT2D eigenvalue weighted by molar-refractivity contribution is 5.94. The van der Waals surface area contributed by atoms with Gasteiger partial charge in [-0.2, -0.15) is 0 Å². The monoisotopic (exact) mass is 345 g/mol. The minimum atomic E-state index is -0.531. The van der Waals surface area contributed by atoms with Crippen LogP contribution in [0.1, 0.15) is 56.0 Å². The molecule has 0 aliphatic carbocycles. The molecule has 2 heterocycles. The maximum atomic E-state index is 12.4. The third-order valence-corrected chi connectivity index (χ3v) is 3.80. The van der Waals surface area contributed by atoms with Crippen LogP contribution in [0.15, 0.2) is 24.7 Å². The number of hydrogen-bond donors (Lipinski definition) is 0. The highest BCUT2D eigenvalue weighted by Crippen LogP contribution is 2.26. The largest absolute Gasteiger partial charge is 0.443 e. The van der Waals surface area contributed by atoms with Crippen molar-refractivity contribution in [1.82, 2.24) is 14.8 Å². The molecule has 0 saturated heterocycles. The fourth-order valence-electron chi connectivity index (χ4n) is 2.59. The summed E-state index contributed by atoms with van der Waals surface area (Å²) in [6.45, 7) is 6.19. The SMILES string of the molecule is CN(C)C(=O)c1cncc(C2=CN(C(=O)OC(C)(C)C)CCCC2)c1. The molecule has 2 rings (SSSR count). The molecule has 0 aromatic carbocycles. The van der Waals surface area contributed by atoms with Crippen LogP contribution in [0, 0.1) is 0 Å². The van der Waals surface area contributed by atoms with Crippen molar-refractivity contribution < 1.29 is 14.3 Å². The van der Waals surface area contributed by atoms with Gasteiger partial charge in [0, 0.05) is 39.2 Å². The maximum absolute atomic E-state index is 12.4. The van der Waals surface area contributed by atoms with Gasteiger partial charge >= 0.3 is 6.09 Å². The molecule has 136 valence electrons. The van der Waals surface area contributed by atoms with Gasteiger partial charge in [0.25, 0.3) is 5.91 Å². The molecule has 0 saturated carbocycles. The van der Waals surface area contributed by atoms with Gasteiger partial charge in [0.1, 0.15) is 5.60 Å². The van der Waals surface area contributed by atoms with E-state index in [0.29, 0.717) is 12.1 Å². The summed E-state index contributed by atoms with van der Waals surface area (Å²) in [4.78, 5) is 31.9. The molecule has 25 heavy (non-hydrogen) atoms. The Morgan fingerprint density at radius 3 is 2.56 bits per heavy atom. The Hall–Kier alpha value is -2.37. The maximum Gasteiger partial charge on any atom is 0.414 e. The number of carbonyl (C=O) groups is 2. The van der Waals surface area contributed by atoms with Crippen molar-refractivity contribution in [2.75, 3.05) is 20.6 Å². The molecule has 0 atom stereocenters. The summed E-state index contributed by atoms with van der Waals surface area (Å²) in [6.07, 6.45) is 7.49. The van der Waals surface area contributed by atoms with Crippen LogP contribution in [0.3, 0.4) is 0 Å². The standard InChI is InChI=1S/C19H27N3O3/c1-19(2,3)25-18(24)22-9-7-6-8-14(13-22)15-10-16(12-20-11-15)17(23)21(4)5/h10-13H,6-9H2,1-5H3. The van der Waals surface area contributed by atoms with Crippen molar-refractivity contribution in [3.8, 4) is 0 Å². The first-order valence-corrected chi connectivity index (χ1v) is 8.55. The van der Waals surface area contributed by atoms with Gasteiger partial charge in [-0.15, -0.1) is 0 Å². The van der Waals surface area contributed by atoms with E-state index in [0.717, 1.165) is 30.4 Å². The molecule has 2 amide bonds. The highest BCUT2D eigenvalue weighted by Gasteiger charge is 2.23. The number of nitrogens with zero attached hydrogens (tertiary/aromatic N) is 3. The van der Waals surface area contributed by atoms with E-state index in [1.165, 1.54) is 4.90 Å². The Morgan fingerprint density at radius 2 is 1.92 bits per heavy atom. The molecule has 1 aliphatic heterocycles. The minimum Gasteiger partial charge on any atom is -0.443 e. The van der Waals surface area contributed by atoms with Crippen LogP contribution < -0.4 is 0 Å². The van der Waals surface area contributed by atoms with Gasteiger partial charge in [0.05, 0.1) is 5.56 Å². The number of pyridine rings is 1. The van der Waals surface area contributed by atoms with E-state index >= 15 is 0 Å². The summed E-state index contributed by atoms with van der Waals surface area (Å²) < 4.78 is 5.48. The number of amides is 2. The van der Waals surface area contributed by atoms with Crippen molar-refractivity contribution in [2.24, 2.45) is 0 Å². The average Bonchev–Trinajstić information content (AvgIpc) is 2.79. The van der Waals surface area contributed by atoms with Crippen LogP contribution in [0.4, 0.5) is 4.79 Å². The molecule has 0 N–H and O–H groups in total. The zero-order valence-electron chi connectivity index (χ0n) is 15.7.